The lowest BCUT2D eigenvalue weighted by Gasteiger charge is -2.28. The van der Waals surface area contributed by atoms with E-state index in [1.807, 2.05) is 4.90 Å². The normalized spacial score (nSPS) is 21.2. The van der Waals surface area contributed by atoms with Gasteiger partial charge in [-0.3, -0.25) is 4.79 Å². The molecule has 0 aromatic rings. The van der Waals surface area contributed by atoms with Crippen LogP contribution in [0.5, 0.6) is 0 Å². The highest BCUT2D eigenvalue weighted by molar-refractivity contribution is 9.09. The summed E-state index contributed by atoms with van der Waals surface area (Å²) < 4.78 is 0. The third kappa shape index (κ3) is 1.97. The van der Waals surface area contributed by atoms with E-state index in [0.29, 0.717) is 4.83 Å². The maximum atomic E-state index is 10.8. The van der Waals surface area contributed by atoms with Crippen molar-refractivity contribution in [3.05, 3.63) is 0 Å². The molecule has 0 spiro atoms. The maximum Gasteiger partial charge on any atom is 0.219 e. The van der Waals surface area contributed by atoms with E-state index < -0.39 is 0 Å². The molecule has 1 fully saturated rings. The second kappa shape index (κ2) is 3.37. The topological polar surface area (TPSA) is 20.3 Å². The van der Waals surface area contributed by atoms with Crippen molar-refractivity contribution in [1.29, 1.82) is 0 Å². The summed E-state index contributed by atoms with van der Waals surface area (Å²) >= 11 is 3.53. The van der Waals surface area contributed by atoms with Gasteiger partial charge in [0.2, 0.25) is 5.91 Å². The summed E-state index contributed by atoms with van der Waals surface area (Å²) in [4.78, 5) is 13.3. The Balaban J connectivity index is 2.33. The molecule has 0 atom stereocenters. The number of amides is 1. The number of hydrogen-bond donors (Lipinski definition) is 0. The van der Waals surface area contributed by atoms with Gasteiger partial charge in [0, 0.05) is 24.8 Å². The Morgan fingerprint density at radius 1 is 1.50 bits per heavy atom. The molecule has 1 saturated heterocycles. The molecule has 3 heteroatoms. The van der Waals surface area contributed by atoms with E-state index in [4.69, 9.17) is 0 Å². The predicted octanol–water partition coefficient (Wildman–Crippen LogP) is 1.39. The summed E-state index contributed by atoms with van der Waals surface area (Å²) in [5, 5.41) is 0. The van der Waals surface area contributed by atoms with Crippen LogP contribution in [-0.2, 0) is 4.79 Å². The number of rotatable bonds is 0. The molecular formula is C7H12BrNO. The third-order valence-corrected chi connectivity index (χ3v) is 2.79. The second-order valence-corrected chi connectivity index (χ2v) is 3.98. The first-order valence-corrected chi connectivity index (χ1v) is 4.51. The fourth-order valence-electron chi connectivity index (χ4n) is 1.16. The monoisotopic (exact) mass is 205 g/mol. The number of nitrogens with zero attached hydrogens (tertiary/aromatic N) is 1. The van der Waals surface area contributed by atoms with Crippen molar-refractivity contribution < 1.29 is 4.79 Å². The zero-order valence-electron chi connectivity index (χ0n) is 6.14. The smallest absolute Gasteiger partial charge is 0.219 e. The Labute approximate surface area is 69.7 Å². The Hall–Kier alpha value is -0.0500. The number of piperidine rings is 1. The van der Waals surface area contributed by atoms with E-state index in [9.17, 15) is 4.79 Å². The summed E-state index contributed by atoms with van der Waals surface area (Å²) in [5.41, 5.74) is 0. The molecule has 1 heterocycles. The molecule has 0 unspecified atom stereocenters. The van der Waals surface area contributed by atoms with Crippen LogP contribution >= 0.6 is 15.9 Å². The van der Waals surface area contributed by atoms with Gasteiger partial charge in [-0.05, 0) is 12.8 Å². The summed E-state index contributed by atoms with van der Waals surface area (Å²) in [6.07, 6.45) is 2.19. The highest BCUT2D eigenvalue weighted by Crippen LogP contribution is 2.16. The molecule has 10 heavy (non-hydrogen) atoms. The lowest BCUT2D eigenvalue weighted by molar-refractivity contribution is -0.129. The van der Waals surface area contributed by atoms with Gasteiger partial charge in [0.05, 0.1) is 0 Å². The van der Waals surface area contributed by atoms with Crippen molar-refractivity contribution in [2.24, 2.45) is 0 Å². The first-order valence-electron chi connectivity index (χ1n) is 3.59. The summed E-state index contributed by atoms with van der Waals surface area (Å²) in [7, 11) is 0. The molecule has 0 saturated carbocycles. The average molecular weight is 206 g/mol. The van der Waals surface area contributed by atoms with E-state index in [2.05, 4.69) is 15.9 Å². The van der Waals surface area contributed by atoms with Gasteiger partial charge in [-0.15, -0.1) is 0 Å². The number of hydrogen-bond acceptors (Lipinski definition) is 1. The molecule has 0 aromatic heterocycles. The molecule has 1 amide bonds. The summed E-state index contributed by atoms with van der Waals surface area (Å²) in [6, 6.07) is 0. The summed E-state index contributed by atoms with van der Waals surface area (Å²) in [5.74, 6) is 0.208. The van der Waals surface area contributed by atoms with Gasteiger partial charge in [0.1, 0.15) is 0 Å². The molecule has 1 rings (SSSR count). The highest BCUT2D eigenvalue weighted by atomic mass is 79.9. The van der Waals surface area contributed by atoms with Crippen molar-refractivity contribution in [3.8, 4) is 0 Å². The van der Waals surface area contributed by atoms with Crippen LogP contribution in [0.3, 0.4) is 0 Å². The highest BCUT2D eigenvalue weighted by Gasteiger charge is 2.17. The molecule has 0 N–H and O–H groups in total. The third-order valence-electron chi connectivity index (χ3n) is 1.87. The fraction of sp³-hybridized carbons (Fsp3) is 0.857. The van der Waals surface area contributed by atoms with Crippen molar-refractivity contribution in [2.75, 3.05) is 13.1 Å². The van der Waals surface area contributed by atoms with E-state index in [1.54, 1.807) is 6.92 Å². The minimum absolute atomic E-state index is 0.208. The standard InChI is InChI=1S/C7H12BrNO/c1-6(10)9-4-2-7(8)3-5-9/h7H,2-5H2,1H3. The molecule has 0 radical (unpaired) electrons. The Morgan fingerprint density at radius 3 is 2.40 bits per heavy atom. The molecule has 58 valence electrons. The average Bonchev–Trinajstić information content (AvgIpc) is 1.88. The van der Waals surface area contributed by atoms with E-state index >= 15 is 0 Å². The molecule has 1 aliphatic heterocycles. The van der Waals surface area contributed by atoms with Crippen molar-refractivity contribution in [2.45, 2.75) is 24.6 Å². The zero-order chi connectivity index (χ0) is 7.56. The summed E-state index contributed by atoms with van der Waals surface area (Å²) in [6.45, 7) is 3.48. The van der Waals surface area contributed by atoms with Crippen LogP contribution in [0.4, 0.5) is 0 Å². The van der Waals surface area contributed by atoms with E-state index in [0.717, 1.165) is 25.9 Å². The number of carbonyl (C=O) groups is 1. The maximum absolute atomic E-state index is 10.8. The second-order valence-electron chi connectivity index (χ2n) is 2.68. The minimum atomic E-state index is 0.208. The first-order chi connectivity index (χ1) is 4.70. The quantitative estimate of drug-likeness (QED) is 0.548. The van der Waals surface area contributed by atoms with Crippen molar-refractivity contribution >= 4 is 21.8 Å². The minimum Gasteiger partial charge on any atom is -0.343 e. The van der Waals surface area contributed by atoms with Crippen molar-refractivity contribution in [1.82, 2.24) is 4.90 Å². The number of likely N-dealkylation sites (tertiary alicyclic amines) is 1. The number of alkyl halides is 1. The van der Waals surface area contributed by atoms with Crippen molar-refractivity contribution in [3.63, 3.8) is 0 Å². The molecular weight excluding hydrogens is 194 g/mol. The van der Waals surface area contributed by atoms with Gasteiger partial charge in [-0.1, -0.05) is 15.9 Å². The lowest BCUT2D eigenvalue weighted by atomic mass is 10.1. The largest absolute Gasteiger partial charge is 0.343 e. The van der Waals surface area contributed by atoms with Gasteiger partial charge >= 0.3 is 0 Å². The SMILES string of the molecule is CC(=O)N1CCC(Br)CC1. The van der Waals surface area contributed by atoms with Gasteiger partial charge in [0.25, 0.3) is 0 Å². The van der Waals surface area contributed by atoms with Crippen LogP contribution in [0.2, 0.25) is 0 Å². The van der Waals surface area contributed by atoms with Crippen LogP contribution in [0.1, 0.15) is 19.8 Å². The molecule has 0 aromatic carbocycles. The Morgan fingerprint density at radius 2 is 2.00 bits per heavy atom. The van der Waals surface area contributed by atoms with E-state index in [1.165, 1.54) is 0 Å². The number of halogens is 1. The van der Waals surface area contributed by atoms with Gasteiger partial charge in [-0.2, -0.15) is 0 Å². The molecule has 0 aliphatic carbocycles. The Kier molecular flexibility index (Phi) is 2.72. The zero-order valence-corrected chi connectivity index (χ0v) is 7.73. The molecule has 0 bridgehead atoms. The van der Waals surface area contributed by atoms with Crippen LogP contribution in [0.25, 0.3) is 0 Å². The molecule has 1 aliphatic rings. The van der Waals surface area contributed by atoms with Crippen LogP contribution < -0.4 is 0 Å². The van der Waals surface area contributed by atoms with Gasteiger partial charge in [0.15, 0.2) is 0 Å². The lowest BCUT2D eigenvalue weighted by Crippen LogP contribution is -2.37. The Bertz CT molecular complexity index is 130. The van der Waals surface area contributed by atoms with Crippen LogP contribution in [0.15, 0.2) is 0 Å². The fourth-order valence-corrected chi connectivity index (χ4v) is 1.57. The predicted molar refractivity (Wildman–Crippen MR) is 44.2 cm³/mol. The molecule has 2 nitrogen and oxygen atoms in total. The van der Waals surface area contributed by atoms with Crippen LogP contribution in [0, 0.1) is 0 Å². The van der Waals surface area contributed by atoms with Gasteiger partial charge < -0.3 is 4.90 Å². The number of carbonyl (C=O) groups excluding carboxylic acids is 1. The first kappa shape index (κ1) is 8.05. The van der Waals surface area contributed by atoms with E-state index in [-0.39, 0.29) is 5.91 Å². The van der Waals surface area contributed by atoms with Gasteiger partial charge in [-0.25, -0.2) is 0 Å². The van der Waals surface area contributed by atoms with Crippen LogP contribution in [-0.4, -0.2) is 28.7 Å².